The lowest BCUT2D eigenvalue weighted by Crippen LogP contribution is -2.44. The minimum atomic E-state index is -0.0620. The smallest absolute Gasteiger partial charge is 0.258 e. The van der Waals surface area contributed by atoms with Gasteiger partial charge >= 0.3 is 0 Å². The molecule has 5 nitrogen and oxygen atoms in total. The van der Waals surface area contributed by atoms with Crippen LogP contribution in [0, 0.1) is 0 Å². The van der Waals surface area contributed by atoms with Gasteiger partial charge in [-0.25, -0.2) is 0 Å². The number of hydrogen-bond donors (Lipinski definition) is 1. The van der Waals surface area contributed by atoms with Gasteiger partial charge in [0, 0.05) is 23.8 Å². The standard InChI is InChI=1S/C22H23N3O2/c1-14-8-9-15-5-2-3-6-18(15)25(14)22(27)16-10-11-19-17(13-16)23-21(26)20-7-4-12-24(19)20/h2-3,5-6,10-11,13-14,20H,4,7-9,12H2,1H3,(H,23,26)/t14-,20+/m1/s1. The molecule has 5 rings (SSSR count). The highest BCUT2D eigenvalue weighted by Crippen LogP contribution is 2.38. The number of amides is 2. The Morgan fingerprint density at radius 1 is 1.11 bits per heavy atom. The van der Waals surface area contributed by atoms with Crippen LogP contribution in [0.15, 0.2) is 42.5 Å². The summed E-state index contributed by atoms with van der Waals surface area (Å²) in [7, 11) is 0. The number of carbonyl (C=O) groups excluding carboxylic acids is 2. The van der Waals surface area contributed by atoms with Crippen LogP contribution in [0.4, 0.5) is 17.1 Å². The van der Waals surface area contributed by atoms with Gasteiger partial charge in [-0.2, -0.15) is 0 Å². The Kier molecular flexibility index (Phi) is 3.71. The lowest BCUT2D eigenvalue weighted by Gasteiger charge is -2.36. The molecular formula is C22H23N3O2. The summed E-state index contributed by atoms with van der Waals surface area (Å²) in [6.45, 7) is 3.00. The van der Waals surface area contributed by atoms with Crippen LogP contribution >= 0.6 is 0 Å². The Labute approximate surface area is 159 Å². The SMILES string of the molecule is C[C@@H]1CCc2ccccc2N1C(=O)c1ccc2c(c1)NC(=O)[C@@H]1CCCN21. The average Bonchev–Trinajstić information content (AvgIpc) is 3.18. The van der Waals surface area contributed by atoms with Crippen molar-refractivity contribution in [3.8, 4) is 0 Å². The average molecular weight is 361 g/mol. The second-order valence-corrected chi connectivity index (χ2v) is 7.76. The summed E-state index contributed by atoms with van der Waals surface area (Å²) < 4.78 is 0. The third-order valence-electron chi connectivity index (χ3n) is 6.11. The predicted octanol–water partition coefficient (Wildman–Crippen LogP) is 3.59. The molecule has 1 saturated heterocycles. The van der Waals surface area contributed by atoms with Crippen LogP contribution < -0.4 is 15.1 Å². The third kappa shape index (κ3) is 2.52. The van der Waals surface area contributed by atoms with Gasteiger partial charge in [-0.05, 0) is 62.4 Å². The van der Waals surface area contributed by atoms with Gasteiger partial charge in [-0.3, -0.25) is 9.59 Å². The molecule has 0 aromatic heterocycles. The number of hydrogen-bond acceptors (Lipinski definition) is 3. The molecule has 5 heteroatoms. The molecule has 3 heterocycles. The van der Waals surface area contributed by atoms with Crippen LogP contribution in [0.2, 0.25) is 0 Å². The molecule has 2 amide bonds. The number of rotatable bonds is 1. The zero-order chi connectivity index (χ0) is 18.5. The summed E-state index contributed by atoms with van der Waals surface area (Å²) in [6, 6.07) is 14.0. The van der Waals surface area contributed by atoms with E-state index >= 15 is 0 Å². The van der Waals surface area contributed by atoms with Crippen molar-refractivity contribution >= 4 is 28.9 Å². The third-order valence-corrected chi connectivity index (χ3v) is 6.11. The van der Waals surface area contributed by atoms with Crippen molar-refractivity contribution in [1.82, 2.24) is 0 Å². The Morgan fingerprint density at radius 3 is 2.85 bits per heavy atom. The number of anilines is 3. The summed E-state index contributed by atoms with van der Waals surface area (Å²) >= 11 is 0. The van der Waals surface area contributed by atoms with E-state index in [-0.39, 0.29) is 23.9 Å². The van der Waals surface area contributed by atoms with E-state index in [1.54, 1.807) is 0 Å². The van der Waals surface area contributed by atoms with Crippen LogP contribution in [0.1, 0.15) is 42.1 Å². The first-order valence-corrected chi connectivity index (χ1v) is 9.76. The second-order valence-electron chi connectivity index (χ2n) is 7.76. The fourth-order valence-electron chi connectivity index (χ4n) is 4.70. The zero-order valence-corrected chi connectivity index (χ0v) is 15.4. The van der Waals surface area contributed by atoms with Gasteiger partial charge in [0.1, 0.15) is 6.04 Å². The van der Waals surface area contributed by atoms with Crippen molar-refractivity contribution in [1.29, 1.82) is 0 Å². The number of aryl methyl sites for hydroxylation is 1. The molecule has 2 aromatic rings. The van der Waals surface area contributed by atoms with E-state index in [0.29, 0.717) is 5.56 Å². The van der Waals surface area contributed by atoms with E-state index < -0.39 is 0 Å². The maximum atomic E-state index is 13.4. The molecular weight excluding hydrogens is 338 g/mol. The maximum absolute atomic E-state index is 13.4. The largest absolute Gasteiger partial charge is 0.358 e. The van der Waals surface area contributed by atoms with E-state index in [9.17, 15) is 9.59 Å². The minimum absolute atomic E-state index is 0.00440. The molecule has 0 spiro atoms. The minimum Gasteiger partial charge on any atom is -0.358 e. The van der Waals surface area contributed by atoms with Crippen LogP contribution in [0.5, 0.6) is 0 Å². The predicted molar refractivity (Wildman–Crippen MR) is 106 cm³/mol. The van der Waals surface area contributed by atoms with E-state index in [4.69, 9.17) is 0 Å². The fraction of sp³-hybridized carbons (Fsp3) is 0.364. The molecule has 0 aliphatic carbocycles. The van der Waals surface area contributed by atoms with E-state index in [1.165, 1.54) is 5.56 Å². The Morgan fingerprint density at radius 2 is 1.96 bits per heavy atom. The van der Waals surface area contributed by atoms with E-state index in [0.717, 1.165) is 49.3 Å². The van der Waals surface area contributed by atoms with Crippen LogP contribution in [0.25, 0.3) is 0 Å². The highest BCUT2D eigenvalue weighted by atomic mass is 16.2. The van der Waals surface area contributed by atoms with Crippen LogP contribution in [-0.4, -0.2) is 30.4 Å². The Bertz CT molecular complexity index is 939. The molecule has 0 unspecified atom stereocenters. The van der Waals surface area contributed by atoms with Crippen LogP contribution in [-0.2, 0) is 11.2 Å². The van der Waals surface area contributed by atoms with Crippen molar-refractivity contribution in [3.05, 3.63) is 53.6 Å². The molecule has 1 fully saturated rings. The van der Waals surface area contributed by atoms with Gasteiger partial charge < -0.3 is 15.1 Å². The lowest BCUT2D eigenvalue weighted by molar-refractivity contribution is -0.117. The Hall–Kier alpha value is -2.82. The molecule has 0 radical (unpaired) electrons. The van der Waals surface area contributed by atoms with Gasteiger partial charge in [0.15, 0.2) is 0 Å². The summed E-state index contributed by atoms with van der Waals surface area (Å²) in [6.07, 6.45) is 3.88. The van der Waals surface area contributed by atoms with Gasteiger partial charge in [-0.1, -0.05) is 18.2 Å². The van der Waals surface area contributed by atoms with Crippen molar-refractivity contribution in [3.63, 3.8) is 0 Å². The first-order chi connectivity index (χ1) is 13.1. The summed E-state index contributed by atoms with van der Waals surface area (Å²) in [5, 5.41) is 3.01. The van der Waals surface area contributed by atoms with Crippen molar-refractivity contribution in [2.75, 3.05) is 21.7 Å². The Balaban J connectivity index is 1.52. The second kappa shape index (κ2) is 6.12. The van der Waals surface area contributed by atoms with Gasteiger partial charge in [-0.15, -0.1) is 0 Å². The normalized spacial score (nSPS) is 23.4. The molecule has 2 aromatic carbocycles. The number of fused-ring (bicyclic) bond motifs is 4. The first-order valence-electron chi connectivity index (χ1n) is 9.76. The maximum Gasteiger partial charge on any atom is 0.258 e. The van der Waals surface area contributed by atoms with Crippen molar-refractivity contribution < 1.29 is 9.59 Å². The lowest BCUT2D eigenvalue weighted by atomic mass is 9.95. The number of nitrogens with zero attached hydrogens (tertiary/aromatic N) is 2. The fourth-order valence-corrected chi connectivity index (χ4v) is 4.70. The number of carbonyl (C=O) groups is 2. The summed E-state index contributed by atoms with van der Waals surface area (Å²) in [4.78, 5) is 29.8. The molecule has 0 saturated carbocycles. The van der Waals surface area contributed by atoms with Crippen molar-refractivity contribution in [2.45, 2.75) is 44.7 Å². The molecule has 138 valence electrons. The molecule has 0 bridgehead atoms. The number of benzene rings is 2. The monoisotopic (exact) mass is 361 g/mol. The topological polar surface area (TPSA) is 52.7 Å². The van der Waals surface area contributed by atoms with Crippen molar-refractivity contribution in [2.24, 2.45) is 0 Å². The molecule has 3 aliphatic heterocycles. The van der Waals surface area contributed by atoms with E-state index in [2.05, 4.69) is 23.2 Å². The van der Waals surface area contributed by atoms with Gasteiger partial charge in [0.25, 0.3) is 5.91 Å². The molecule has 3 aliphatic rings. The van der Waals surface area contributed by atoms with E-state index in [1.807, 2.05) is 41.3 Å². The number of para-hydroxylation sites is 1. The molecule has 27 heavy (non-hydrogen) atoms. The van der Waals surface area contributed by atoms with Gasteiger partial charge in [0.2, 0.25) is 5.91 Å². The quantitative estimate of drug-likeness (QED) is 0.845. The zero-order valence-electron chi connectivity index (χ0n) is 15.4. The molecule has 1 N–H and O–H groups in total. The van der Waals surface area contributed by atoms with Gasteiger partial charge in [0.05, 0.1) is 11.4 Å². The van der Waals surface area contributed by atoms with Crippen LogP contribution in [0.3, 0.4) is 0 Å². The summed E-state index contributed by atoms with van der Waals surface area (Å²) in [5.41, 5.74) is 4.62. The summed E-state index contributed by atoms with van der Waals surface area (Å²) in [5.74, 6) is 0.0385. The highest BCUT2D eigenvalue weighted by Gasteiger charge is 2.37. The highest BCUT2D eigenvalue weighted by molar-refractivity contribution is 6.10. The molecule has 2 atom stereocenters. The number of nitrogens with one attached hydrogen (secondary N) is 1. The first kappa shape index (κ1) is 16.4.